The van der Waals surface area contributed by atoms with E-state index in [0.29, 0.717) is 12.8 Å². The highest BCUT2D eigenvalue weighted by molar-refractivity contribution is 8.30. The lowest BCUT2D eigenvalue weighted by atomic mass is 10.0. The monoisotopic (exact) mass is 266 g/mol. The summed E-state index contributed by atoms with van der Waals surface area (Å²) >= 11 is 0. The average Bonchev–Trinajstić information content (AvgIpc) is 2.17. The number of nitrogens with zero attached hydrogens (tertiary/aromatic N) is 2. The van der Waals surface area contributed by atoms with Crippen molar-refractivity contribution >= 4 is 24.1 Å². The molecule has 0 N–H and O–H groups in total. The van der Waals surface area contributed by atoms with Crippen molar-refractivity contribution in [2.24, 2.45) is 0 Å². The maximum atomic E-state index is 11.9. The third kappa shape index (κ3) is 2.69. The zero-order valence-electron chi connectivity index (χ0n) is 8.96. The normalized spacial score (nSPS) is 19.1. The molecule has 1 saturated carbocycles. The molecule has 0 amide bonds. The molecule has 0 spiro atoms. The Hall–Kier alpha value is -0.720. The molecule has 16 heavy (non-hydrogen) atoms. The van der Waals surface area contributed by atoms with E-state index in [-0.39, 0.29) is 0 Å². The Bertz CT molecular complexity index is 508. The molecule has 8 heteroatoms. The minimum absolute atomic E-state index is 0.427. The number of hydrogen-bond donors (Lipinski definition) is 0. The maximum Gasteiger partial charge on any atom is 0.495 e. The van der Waals surface area contributed by atoms with Crippen LogP contribution in [0.25, 0.3) is 5.53 Å². The summed E-state index contributed by atoms with van der Waals surface area (Å²) in [6.07, 6.45) is 4.05. The maximum absolute atomic E-state index is 11.9. The minimum atomic E-state index is -4.02. The van der Waals surface area contributed by atoms with Gasteiger partial charge in [0.2, 0.25) is 0 Å². The van der Waals surface area contributed by atoms with Crippen LogP contribution in [0.2, 0.25) is 0 Å². The van der Waals surface area contributed by atoms with E-state index in [4.69, 9.17) is 5.53 Å². The van der Waals surface area contributed by atoms with Gasteiger partial charge in [-0.1, -0.05) is 19.3 Å². The van der Waals surface area contributed by atoms with Gasteiger partial charge in [0.15, 0.2) is 0 Å². The molecule has 0 bridgehead atoms. The van der Waals surface area contributed by atoms with Gasteiger partial charge in [0, 0.05) is 0 Å². The minimum Gasteiger partial charge on any atom is -0.359 e. The summed E-state index contributed by atoms with van der Waals surface area (Å²) in [7, 11) is -8.03. The Balaban J connectivity index is 3.15. The molecule has 0 unspecified atom stereocenters. The van der Waals surface area contributed by atoms with Crippen LogP contribution < -0.4 is 0 Å². The highest BCUT2D eigenvalue weighted by Gasteiger charge is 2.44. The number of rotatable bonds is 1. The van der Waals surface area contributed by atoms with E-state index < -0.39 is 29.3 Å². The van der Waals surface area contributed by atoms with Gasteiger partial charge >= 0.3 is 4.38 Å². The van der Waals surface area contributed by atoms with Crippen molar-refractivity contribution in [1.82, 2.24) is 0 Å². The molecule has 0 aromatic carbocycles. The molecule has 1 fully saturated rings. The summed E-state index contributed by atoms with van der Waals surface area (Å²) < 4.78 is 45.0. The Kier molecular flexibility index (Phi) is 3.88. The molecule has 0 saturated heterocycles. The summed E-state index contributed by atoms with van der Waals surface area (Å²) in [5.74, 6) is 0. The molecule has 6 nitrogen and oxygen atoms in total. The lowest BCUT2D eigenvalue weighted by molar-refractivity contribution is 0.00375. The standard InChI is InChI=1S/C8H14N2O4S2/c1-15(11,12)8(10-9)16(13,14)7-5-3-2-4-6-7/h7H,2-6H2,1H3. The number of hydrogen-bond acceptors (Lipinski definition) is 4. The van der Waals surface area contributed by atoms with E-state index in [2.05, 4.69) is 4.79 Å². The fraction of sp³-hybridized carbons (Fsp3) is 0.875. The summed E-state index contributed by atoms with van der Waals surface area (Å²) in [5.41, 5.74) is 8.56. The largest absolute Gasteiger partial charge is 0.495 e. The third-order valence-corrected chi connectivity index (χ3v) is 6.87. The molecule has 1 aliphatic rings. The average molecular weight is 266 g/mol. The first-order valence-electron chi connectivity index (χ1n) is 4.96. The van der Waals surface area contributed by atoms with Crippen molar-refractivity contribution in [1.29, 1.82) is 0 Å². The first-order valence-corrected chi connectivity index (χ1v) is 8.40. The van der Waals surface area contributed by atoms with Crippen LogP contribution in [0.4, 0.5) is 0 Å². The quantitative estimate of drug-likeness (QED) is 0.296. The zero-order chi connectivity index (χ0) is 12.4. The summed E-state index contributed by atoms with van der Waals surface area (Å²) in [6.45, 7) is 0. The fourth-order valence-electron chi connectivity index (χ4n) is 1.86. The van der Waals surface area contributed by atoms with Crippen molar-refractivity contribution in [2.45, 2.75) is 37.4 Å². The van der Waals surface area contributed by atoms with Gasteiger partial charge in [-0.15, -0.1) is 4.79 Å². The highest BCUT2D eigenvalue weighted by atomic mass is 32.3. The zero-order valence-corrected chi connectivity index (χ0v) is 10.6. The lowest BCUT2D eigenvalue weighted by Crippen LogP contribution is -2.35. The summed E-state index contributed by atoms with van der Waals surface area (Å²) in [6, 6.07) is 0. The van der Waals surface area contributed by atoms with Gasteiger partial charge in [-0.2, -0.15) is 0 Å². The van der Waals surface area contributed by atoms with Gasteiger partial charge in [0.05, 0.1) is 11.5 Å². The molecular weight excluding hydrogens is 252 g/mol. The molecule has 0 aromatic rings. The topological polar surface area (TPSA) is 105 Å². The summed E-state index contributed by atoms with van der Waals surface area (Å²) in [4.78, 5) is 2.45. The second kappa shape index (κ2) is 4.65. The first-order chi connectivity index (χ1) is 7.30. The van der Waals surface area contributed by atoms with Crippen LogP contribution in [0.15, 0.2) is 0 Å². The van der Waals surface area contributed by atoms with Crippen LogP contribution in [0, 0.1) is 0 Å². The molecule has 0 radical (unpaired) electrons. The van der Waals surface area contributed by atoms with Gasteiger partial charge in [-0.25, -0.2) is 16.8 Å². The van der Waals surface area contributed by atoms with E-state index >= 15 is 0 Å². The Morgan fingerprint density at radius 2 is 1.62 bits per heavy atom. The van der Waals surface area contributed by atoms with Gasteiger partial charge in [-0.3, -0.25) is 0 Å². The van der Waals surface area contributed by atoms with Crippen molar-refractivity contribution in [3.63, 3.8) is 0 Å². The Morgan fingerprint density at radius 1 is 1.12 bits per heavy atom. The van der Waals surface area contributed by atoms with Crippen molar-refractivity contribution in [3.05, 3.63) is 5.53 Å². The van der Waals surface area contributed by atoms with Gasteiger partial charge in [0.1, 0.15) is 0 Å². The molecule has 0 heterocycles. The van der Waals surface area contributed by atoms with E-state index in [0.717, 1.165) is 25.5 Å². The molecule has 1 rings (SSSR count). The molecule has 0 aliphatic heterocycles. The second-order valence-corrected chi connectivity index (χ2v) is 8.28. The van der Waals surface area contributed by atoms with E-state index in [1.54, 1.807) is 0 Å². The molecule has 92 valence electrons. The third-order valence-electron chi connectivity index (χ3n) is 2.63. The van der Waals surface area contributed by atoms with Crippen LogP contribution in [0.5, 0.6) is 0 Å². The van der Waals surface area contributed by atoms with E-state index in [1.165, 1.54) is 0 Å². The molecule has 1 aliphatic carbocycles. The molecule has 0 atom stereocenters. The first kappa shape index (κ1) is 13.3. The van der Waals surface area contributed by atoms with Crippen LogP contribution in [0.1, 0.15) is 32.1 Å². The second-order valence-electron chi connectivity index (χ2n) is 3.94. The van der Waals surface area contributed by atoms with E-state index in [1.807, 2.05) is 0 Å². The van der Waals surface area contributed by atoms with Crippen LogP contribution in [0.3, 0.4) is 0 Å². The molecule has 0 aromatic heterocycles. The molecular formula is C8H14N2O4S2. The van der Waals surface area contributed by atoms with Crippen molar-refractivity contribution in [2.75, 3.05) is 6.26 Å². The smallest absolute Gasteiger partial charge is 0.359 e. The number of sulfone groups is 2. The SMILES string of the molecule is CS(=O)(=O)C(=[N+]=[N-])S(=O)(=O)C1CCCCC1. The fourth-order valence-corrected chi connectivity index (χ4v) is 5.46. The Labute approximate surface area is 95.1 Å². The van der Waals surface area contributed by atoms with Crippen molar-refractivity contribution in [3.8, 4) is 0 Å². The highest BCUT2D eigenvalue weighted by Crippen LogP contribution is 2.25. The van der Waals surface area contributed by atoms with Gasteiger partial charge in [-0.05, 0) is 12.8 Å². The predicted molar refractivity (Wildman–Crippen MR) is 59.3 cm³/mol. The van der Waals surface area contributed by atoms with E-state index in [9.17, 15) is 16.8 Å². The predicted octanol–water partition coefficient (Wildman–Crippen LogP) is 0.364. The van der Waals surface area contributed by atoms with Crippen LogP contribution >= 0.6 is 0 Å². The van der Waals surface area contributed by atoms with Crippen molar-refractivity contribution < 1.29 is 21.6 Å². The van der Waals surface area contributed by atoms with Gasteiger partial charge in [0.25, 0.3) is 19.7 Å². The lowest BCUT2D eigenvalue weighted by Gasteiger charge is -2.18. The summed E-state index contributed by atoms with van der Waals surface area (Å²) in [5, 5.41) is -0.734. The van der Waals surface area contributed by atoms with Crippen LogP contribution in [-0.4, -0.2) is 37.5 Å². The Morgan fingerprint density at radius 3 is 2.00 bits per heavy atom. The van der Waals surface area contributed by atoms with Gasteiger partial charge < -0.3 is 5.53 Å². The van der Waals surface area contributed by atoms with Crippen LogP contribution in [-0.2, 0) is 19.7 Å².